The fourth-order valence-electron chi connectivity index (χ4n) is 2.99. The van der Waals surface area contributed by atoms with Gasteiger partial charge in [0.15, 0.2) is 11.8 Å². The van der Waals surface area contributed by atoms with Gasteiger partial charge in [-0.15, -0.1) is 0 Å². The minimum absolute atomic E-state index is 0.154. The van der Waals surface area contributed by atoms with Crippen LogP contribution < -0.4 is 5.32 Å². The minimum Gasteiger partial charge on any atom is -0.364 e. The maximum atomic E-state index is 12.5. The van der Waals surface area contributed by atoms with Crippen molar-refractivity contribution in [3.8, 4) is 0 Å². The first kappa shape index (κ1) is 21.2. The van der Waals surface area contributed by atoms with Crippen molar-refractivity contribution in [2.45, 2.75) is 31.9 Å². The van der Waals surface area contributed by atoms with E-state index in [-0.39, 0.29) is 11.7 Å². The van der Waals surface area contributed by atoms with E-state index in [1.807, 2.05) is 18.7 Å². The van der Waals surface area contributed by atoms with Gasteiger partial charge in [0, 0.05) is 58.2 Å². The highest BCUT2D eigenvalue weighted by Crippen LogP contribution is 2.13. The first-order valence-electron chi connectivity index (χ1n) is 9.54. The number of rotatable bonds is 7. The van der Waals surface area contributed by atoms with Gasteiger partial charge in [0.2, 0.25) is 15.9 Å². The van der Waals surface area contributed by atoms with Crippen molar-refractivity contribution >= 4 is 16.0 Å². The summed E-state index contributed by atoms with van der Waals surface area (Å²) < 4.78 is 36.5. The second kappa shape index (κ2) is 9.35. The van der Waals surface area contributed by atoms with E-state index in [2.05, 4.69) is 25.6 Å². The molecule has 1 aliphatic rings. The van der Waals surface area contributed by atoms with Crippen LogP contribution in [0.4, 0.5) is 0 Å². The monoisotopic (exact) mass is 425 g/mol. The van der Waals surface area contributed by atoms with Gasteiger partial charge in [0.25, 0.3) is 0 Å². The molecule has 11 nitrogen and oxygen atoms in total. The van der Waals surface area contributed by atoms with Gasteiger partial charge >= 0.3 is 0 Å². The normalized spacial score (nSPS) is 16.6. The average Bonchev–Trinajstić information content (AvgIpc) is 3.37. The molecule has 0 aromatic carbocycles. The Bertz CT molecular complexity index is 900. The number of hydrogen-bond donors (Lipinski definition) is 1. The Kier molecular flexibility index (Phi) is 6.85. The third-order valence-electron chi connectivity index (χ3n) is 4.59. The minimum atomic E-state index is -3.42. The highest BCUT2D eigenvalue weighted by atomic mass is 32.2. The van der Waals surface area contributed by atoms with Gasteiger partial charge in [0.05, 0.1) is 5.69 Å². The summed E-state index contributed by atoms with van der Waals surface area (Å²) in [6, 6.07) is 1.56. The van der Waals surface area contributed by atoms with Crippen molar-refractivity contribution in [1.29, 1.82) is 0 Å². The maximum Gasteiger partial charge on any atom is 0.228 e. The zero-order valence-corrected chi connectivity index (χ0v) is 17.7. The first-order valence-corrected chi connectivity index (χ1v) is 11.1. The SMILES string of the molecule is CN=C(NCCc1nc(C(C)C)no1)N1CCN(S(=O)(=O)Cc2ccon2)CC1. The smallest absolute Gasteiger partial charge is 0.228 e. The summed E-state index contributed by atoms with van der Waals surface area (Å²) in [4.78, 5) is 10.7. The molecule has 1 aliphatic heterocycles. The van der Waals surface area contributed by atoms with Crippen LogP contribution in [0.5, 0.6) is 0 Å². The molecule has 160 valence electrons. The zero-order chi connectivity index (χ0) is 20.9. The number of nitrogens with one attached hydrogen (secondary N) is 1. The molecule has 2 aromatic rings. The van der Waals surface area contributed by atoms with E-state index in [4.69, 9.17) is 9.05 Å². The van der Waals surface area contributed by atoms with Crippen molar-refractivity contribution in [2.75, 3.05) is 39.8 Å². The summed E-state index contributed by atoms with van der Waals surface area (Å²) >= 11 is 0. The Morgan fingerprint density at radius 1 is 1.28 bits per heavy atom. The molecule has 3 heterocycles. The molecule has 0 atom stereocenters. The number of aliphatic imine (C=N–C) groups is 1. The van der Waals surface area contributed by atoms with E-state index < -0.39 is 10.0 Å². The quantitative estimate of drug-likeness (QED) is 0.496. The number of piperazine rings is 1. The van der Waals surface area contributed by atoms with E-state index in [1.54, 1.807) is 13.1 Å². The number of sulfonamides is 1. The second-order valence-corrected chi connectivity index (χ2v) is 9.03. The lowest BCUT2D eigenvalue weighted by molar-refractivity contribution is 0.259. The third kappa shape index (κ3) is 5.54. The van der Waals surface area contributed by atoms with Gasteiger partial charge in [-0.05, 0) is 0 Å². The molecule has 1 saturated heterocycles. The Hall–Kier alpha value is -2.47. The van der Waals surface area contributed by atoms with Gasteiger partial charge in [-0.3, -0.25) is 4.99 Å². The summed E-state index contributed by atoms with van der Waals surface area (Å²) in [7, 11) is -1.72. The number of aromatic nitrogens is 3. The summed E-state index contributed by atoms with van der Waals surface area (Å²) in [6.07, 6.45) is 1.96. The average molecular weight is 426 g/mol. The van der Waals surface area contributed by atoms with Crippen LogP contribution in [0.3, 0.4) is 0 Å². The van der Waals surface area contributed by atoms with E-state index >= 15 is 0 Å². The number of guanidine groups is 1. The van der Waals surface area contributed by atoms with Crippen molar-refractivity contribution < 1.29 is 17.5 Å². The topological polar surface area (TPSA) is 130 Å². The van der Waals surface area contributed by atoms with Crippen molar-refractivity contribution in [3.05, 3.63) is 29.7 Å². The molecule has 0 bridgehead atoms. The van der Waals surface area contributed by atoms with Crippen LogP contribution in [-0.4, -0.2) is 78.7 Å². The molecule has 0 saturated carbocycles. The molecule has 0 amide bonds. The van der Waals surface area contributed by atoms with E-state index in [1.165, 1.54) is 10.6 Å². The van der Waals surface area contributed by atoms with E-state index in [0.29, 0.717) is 56.6 Å². The lowest BCUT2D eigenvalue weighted by Crippen LogP contribution is -2.54. The Morgan fingerprint density at radius 3 is 2.62 bits per heavy atom. The van der Waals surface area contributed by atoms with Crippen LogP contribution in [0, 0.1) is 0 Å². The van der Waals surface area contributed by atoms with Gasteiger partial charge in [0.1, 0.15) is 12.0 Å². The van der Waals surface area contributed by atoms with Crippen molar-refractivity contribution in [2.24, 2.45) is 4.99 Å². The van der Waals surface area contributed by atoms with E-state index in [0.717, 1.165) is 5.96 Å². The predicted octanol–water partition coefficient (Wildman–Crippen LogP) is 0.447. The molecule has 29 heavy (non-hydrogen) atoms. The van der Waals surface area contributed by atoms with Crippen LogP contribution in [0.15, 0.2) is 26.4 Å². The van der Waals surface area contributed by atoms with Crippen LogP contribution in [-0.2, 0) is 22.2 Å². The molecular formula is C17H27N7O4S. The molecule has 1 N–H and O–H groups in total. The molecule has 0 unspecified atom stereocenters. The number of nitrogens with zero attached hydrogens (tertiary/aromatic N) is 6. The van der Waals surface area contributed by atoms with Crippen molar-refractivity contribution in [3.63, 3.8) is 0 Å². The zero-order valence-electron chi connectivity index (χ0n) is 16.9. The lowest BCUT2D eigenvalue weighted by Gasteiger charge is -2.35. The van der Waals surface area contributed by atoms with Crippen LogP contribution in [0.1, 0.15) is 37.2 Å². The highest BCUT2D eigenvalue weighted by molar-refractivity contribution is 7.88. The number of hydrogen-bond acceptors (Lipinski definition) is 8. The second-order valence-electron chi connectivity index (χ2n) is 7.06. The van der Waals surface area contributed by atoms with Gasteiger partial charge in [-0.2, -0.15) is 9.29 Å². The van der Waals surface area contributed by atoms with E-state index in [9.17, 15) is 8.42 Å². The summed E-state index contributed by atoms with van der Waals surface area (Å²) in [6.45, 7) is 6.51. The van der Waals surface area contributed by atoms with Gasteiger partial charge in [-0.25, -0.2) is 8.42 Å². The standard InChI is InChI=1S/C17H27N7O4S/c1-13(2)16-20-15(28-22-16)4-6-19-17(18-3)23-7-9-24(10-8-23)29(25,26)12-14-5-11-27-21-14/h5,11,13H,4,6-10,12H2,1-3H3,(H,18,19). The maximum absolute atomic E-state index is 12.5. The highest BCUT2D eigenvalue weighted by Gasteiger charge is 2.29. The Balaban J connectivity index is 1.47. The molecule has 0 aliphatic carbocycles. The fraction of sp³-hybridized carbons (Fsp3) is 0.647. The first-order chi connectivity index (χ1) is 13.9. The van der Waals surface area contributed by atoms with Crippen LogP contribution >= 0.6 is 0 Å². The molecule has 2 aromatic heterocycles. The molecule has 0 radical (unpaired) electrons. The molecule has 1 fully saturated rings. The fourth-order valence-corrected chi connectivity index (χ4v) is 4.41. The third-order valence-corrected chi connectivity index (χ3v) is 6.40. The van der Waals surface area contributed by atoms with Gasteiger partial charge in [-0.1, -0.05) is 24.2 Å². The Labute approximate surface area is 170 Å². The lowest BCUT2D eigenvalue weighted by atomic mass is 10.2. The molecule has 3 rings (SSSR count). The summed E-state index contributed by atoms with van der Waals surface area (Å²) in [5.74, 6) is 2.08. The molecular weight excluding hydrogens is 398 g/mol. The summed E-state index contributed by atoms with van der Waals surface area (Å²) in [5.41, 5.74) is 0.409. The Morgan fingerprint density at radius 2 is 2.03 bits per heavy atom. The largest absolute Gasteiger partial charge is 0.364 e. The summed E-state index contributed by atoms with van der Waals surface area (Å²) in [5, 5.41) is 10.9. The van der Waals surface area contributed by atoms with Crippen molar-refractivity contribution in [1.82, 2.24) is 29.8 Å². The molecule has 12 heteroatoms. The molecule has 0 spiro atoms. The predicted molar refractivity (Wildman–Crippen MR) is 106 cm³/mol. The van der Waals surface area contributed by atoms with Crippen LogP contribution in [0.2, 0.25) is 0 Å². The van der Waals surface area contributed by atoms with Crippen LogP contribution in [0.25, 0.3) is 0 Å². The van der Waals surface area contributed by atoms with Gasteiger partial charge < -0.3 is 19.3 Å².